The highest BCUT2D eigenvalue weighted by Crippen LogP contribution is 2.29. The van der Waals surface area contributed by atoms with Gasteiger partial charge in [0.05, 0.1) is 13.2 Å². The molecule has 1 amide bonds. The Bertz CT molecular complexity index is 660. The van der Waals surface area contributed by atoms with Crippen molar-refractivity contribution in [2.24, 2.45) is 11.8 Å². The molecule has 6 nitrogen and oxygen atoms in total. The molecule has 0 spiro atoms. The zero-order chi connectivity index (χ0) is 15.6. The normalized spacial score (nSPS) is 21.0. The summed E-state index contributed by atoms with van der Waals surface area (Å²) >= 11 is 0. The van der Waals surface area contributed by atoms with E-state index in [2.05, 4.69) is 14.5 Å². The Morgan fingerprint density at radius 3 is 2.96 bits per heavy atom. The van der Waals surface area contributed by atoms with Crippen molar-refractivity contribution in [2.75, 3.05) is 19.8 Å². The average molecular weight is 314 g/mol. The summed E-state index contributed by atoms with van der Waals surface area (Å²) in [6.07, 6.45) is 8.18. The molecule has 2 aromatic heterocycles. The van der Waals surface area contributed by atoms with E-state index in [4.69, 9.17) is 4.74 Å². The first-order chi connectivity index (χ1) is 11.3. The van der Waals surface area contributed by atoms with Gasteiger partial charge in [0.2, 0.25) is 0 Å². The van der Waals surface area contributed by atoms with Crippen LogP contribution in [0.3, 0.4) is 0 Å². The van der Waals surface area contributed by atoms with Crippen molar-refractivity contribution in [2.45, 2.75) is 25.9 Å². The maximum Gasteiger partial charge on any atom is 0.270 e. The predicted molar refractivity (Wildman–Crippen MR) is 84.8 cm³/mol. The van der Waals surface area contributed by atoms with E-state index >= 15 is 0 Å². The molecule has 23 heavy (non-hydrogen) atoms. The molecule has 122 valence electrons. The van der Waals surface area contributed by atoms with Crippen LogP contribution in [0.15, 0.2) is 30.7 Å². The van der Waals surface area contributed by atoms with Gasteiger partial charge in [-0.25, -0.2) is 4.98 Å². The van der Waals surface area contributed by atoms with Gasteiger partial charge in [-0.1, -0.05) is 0 Å². The smallest absolute Gasteiger partial charge is 0.270 e. The first-order valence-corrected chi connectivity index (χ1v) is 8.30. The third-order valence-corrected chi connectivity index (χ3v) is 4.59. The molecule has 0 bridgehead atoms. The molecule has 0 saturated heterocycles. The van der Waals surface area contributed by atoms with Gasteiger partial charge in [0.25, 0.3) is 5.91 Å². The van der Waals surface area contributed by atoms with Crippen molar-refractivity contribution in [1.29, 1.82) is 0 Å². The molecule has 2 aromatic rings. The van der Waals surface area contributed by atoms with Crippen LogP contribution < -0.4 is 0 Å². The van der Waals surface area contributed by atoms with Crippen molar-refractivity contribution >= 4 is 5.91 Å². The van der Waals surface area contributed by atoms with Crippen LogP contribution in [-0.2, 0) is 17.8 Å². The number of hydrogen-bond acceptors (Lipinski definition) is 3. The number of hydrogen-bond donors (Lipinski definition) is 1. The molecule has 0 aromatic carbocycles. The molecule has 1 fully saturated rings. The number of carbonyl (C=O) groups is 1. The molecule has 6 heteroatoms. The topological polar surface area (TPSA) is 63.2 Å². The van der Waals surface area contributed by atoms with E-state index in [1.165, 1.54) is 12.8 Å². The number of aromatic nitrogens is 3. The number of amides is 1. The molecule has 2 aliphatic rings. The van der Waals surface area contributed by atoms with E-state index in [0.717, 1.165) is 24.9 Å². The van der Waals surface area contributed by atoms with Gasteiger partial charge in [-0.2, -0.15) is 0 Å². The Labute approximate surface area is 135 Å². The molecule has 1 N–H and O–H groups in total. The lowest BCUT2D eigenvalue weighted by atomic mass is 10.1. The number of nitrogens with one attached hydrogen (secondary N) is 1. The summed E-state index contributed by atoms with van der Waals surface area (Å²) in [6, 6.07) is 3.67. The van der Waals surface area contributed by atoms with Gasteiger partial charge in [0.1, 0.15) is 11.5 Å². The maximum absolute atomic E-state index is 12.7. The lowest BCUT2D eigenvalue weighted by molar-refractivity contribution is 0.0568. The van der Waals surface area contributed by atoms with Gasteiger partial charge in [0.15, 0.2) is 0 Å². The van der Waals surface area contributed by atoms with Crippen molar-refractivity contribution < 1.29 is 9.53 Å². The number of carbonyl (C=O) groups excluding carboxylic acids is 1. The van der Waals surface area contributed by atoms with Crippen LogP contribution in [0.4, 0.5) is 0 Å². The first kappa shape index (κ1) is 14.5. The Hall–Kier alpha value is -2.08. The highest BCUT2D eigenvalue weighted by atomic mass is 16.5. The number of rotatable bonds is 5. The Balaban J connectivity index is 1.48. The number of imidazole rings is 1. The van der Waals surface area contributed by atoms with Crippen LogP contribution >= 0.6 is 0 Å². The third kappa shape index (κ3) is 3.32. The fraction of sp³-hybridized carbons (Fsp3) is 0.529. The minimum Gasteiger partial charge on any atom is -0.381 e. The van der Waals surface area contributed by atoms with Crippen LogP contribution in [0.2, 0.25) is 0 Å². The van der Waals surface area contributed by atoms with Crippen LogP contribution in [-0.4, -0.2) is 45.1 Å². The SMILES string of the molecule is O=C(c1ccc[nH]1)N1Cc2nccn2C[C@H](COCC2CC2)C1. The molecule has 0 radical (unpaired) electrons. The van der Waals surface area contributed by atoms with Gasteiger partial charge in [-0.15, -0.1) is 0 Å². The zero-order valence-corrected chi connectivity index (χ0v) is 13.1. The summed E-state index contributed by atoms with van der Waals surface area (Å²) in [5, 5.41) is 0. The molecule has 1 atom stereocenters. The molecule has 1 aliphatic carbocycles. The number of ether oxygens (including phenoxy) is 1. The summed E-state index contributed by atoms with van der Waals surface area (Å²) in [5.74, 6) is 2.03. The molecular weight excluding hydrogens is 292 g/mol. The Morgan fingerprint density at radius 2 is 2.17 bits per heavy atom. The minimum atomic E-state index is 0.0265. The minimum absolute atomic E-state index is 0.0265. The van der Waals surface area contributed by atoms with Crippen molar-refractivity contribution in [3.05, 3.63) is 42.2 Å². The van der Waals surface area contributed by atoms with Crippen molar-refractivity contribution in [1.82, 2.24) is 19.4 Å². The standard InChI is InChI=1S/C17H22N4O2/c22-17(15-2-1-5-18-15)21-9-14(12-23-11-13-3-4-13)8-20-7-6-19-16(20)10-21/h1-2,5-7,13-14,18H,3-4,8-12H2/t14-/m0/s1. The van der Waals surface area contributed by atoms with Crippen LogP contribution in [0.5, 0.6) is 0 Å². The van der Waals surface area contributed by atoms with Gasteiger partial charge in [0, 0.05) is 44.2 Å². The number of fused-ring (bicyclic) bond motifs is 1. The van der Waals surface area contributed by atoms with E-state index in [1.807, 2.05) is 23.2 Å². The highest BCUT2D eigenvalue weighted by molar-refractivity contribution is 5.92. The van der Waals surface area contributed by atoms with Gasteiger partial charge in [-0.3, -0.25) is 4.79 Å². The molecular formula is C17H22N4O2. The second-order valence-electron chi connectivity index (χ2n) is 6.61. The van der Waals surface area contributed by atoms with Crippen LogP contribution in [0, 0.1) is 11.8 Å². The summed E-state index contributed by atoms with van der Waals surface area (Å²) in [5.41, 5.74) is 0.627. The predicted octanol–water partition coefficient (Wildman–Crippen LogP) is 1.91. The molecule has 3 heterocycles. The van der Waals surface area contributed by atoms with Crippen LogP contribution in [0.25, 0.3) is 0 Å². The number of H-pyrrole nitrogens is 1. The Kier molecular flexibility index (Phi) is 3.91. The summed E-state index contributed by atoms with van der Waals surface area (Å²) in [7, 11) is 0. The lowest BCUT2D eigenvalue weighted by Gasteiger charge is -2.23. The third-order valence-electron chi connectivity index (χ3n) is 4.59. The van der Waals surface area contributed by atoms with Crippen LogP contribution in [0.1, 0.15) is 29.2 Å². The average Bonchev–Trinajstić information content (AvgIpc) is 3.07. The maximum atomic E-state index is 12.7. The monoisotopic (exact) mass is 314 g/mol. The van der Waals surface area contributed by atoms with E-state index in [1.54, 1.807) is 12.4 Å². The largest absolute Gasteiger partial charge is 0.381 e. The summed E-state index contributed by atoms with van der Waals surface area (Å²) in [6.45, 7) is 3.66. The van der Waals surface area contributed by atoms with E-state index in [9.17, 15) is 4.79 Å². The molecule has 1 aliphatic heterocycles. The molecule has 0 unspecified atom stereocenters. The van der Waals surface area contributed by atoms with Gasteiger partial charge >= 0.3 is 0 Å². The second-order valence-corrected chi connectivity index (χ2v) is 6.61. The summed E-state index contributed by atoms with van der Waals surface area (Å²) in [4.78, 5) is 22.0. The molecule has 4 rings (SSSR count). The number of nitrogens with zero attached hydrogens (tertiary/aromatic N) is 3. The lowest BCUT2D eigenvalue weighted by Crippen LogP contribution is -2.35. The second kappa shape index (κ2) is 6.20. The van der Waals surface area contributed by atoms with Crippen molar-refractivity contribution in [3.8, 4) is 0 Å². The fourth-order valence-corrected chi connectivity index (χ4v) is 3.12. The molecule has 1 saturated carbocycles. The highest BCUT2D eigenvalue weighted by Gasteiger charge is 2.28. The van der Waals surface area contributed by atoms with E-state index in [0.29, 0.717) is 31.3 Å². The van der Waals surface area contributed by atoms with E-state index in [-0.39, 0.29) is 5.91 Å². The fourth-order valence-electron chi connectivity index (χ4n) is 3.12. The van der Waals surface area contributed by atoms with Crippen molar-refractivity contribution in [3.63, 3.8) is 0 Å². The van der Waals surface area contributed by atoms with Gasteiger partial charge < -0.3 is 19.2 Å². The summed E-state index contributed by atoms with van der Waals surface area (Å²) < 4.78 is 8.03. The first-order valence-electron chi connectivity index (χ1n) is 8.30. The van der Waals surface area contributed by atoms with E-state index < -0.39 is 0 Å². The quantitative estimate of drug-likeness (QED) is 0.917. The van der Waals surface area contributed by atoms with Gasteiger partial charge in [-0.05, 0) is 30.9 Å². The Morgan fingerprint density at radius 1 is 1.30 bits per heavy atom. The zero-order valence-electron chi connectivity index (χ0n) is 13.1. The number of aromatic amines is 1.